The fourth-order valence-electron chi connectivity index (χ4n) is 6.83. The number of piperidine rings is 2. The van der Waals surface area contributed by atoms with Gasteiger partial charge < -0.3 is 14.5 Å². The number of alkyl halides is 1. The van der Waals surface area contributed by atoms with Crippen molar-refractivity contribution in [3.63, 3.8) is 0 Å². The number of pyridine rings is 1. The van der Waals surface area contributed by atoms with E-state index in [1.807, 2.05) is 30.3 Å². The van der Waals surface area contributed by atoms with Gasteiger partial charge in [-0.05, 0) is 42.6 Å². The maximum Gasteiger partial charge on any atom is 0.319 e. The molecular formula is C31H30Cl2FN5O2. The Balaban J connectivity index is 1.31. The Hall–Kier alpha value is -3.23. The summed E-state index contributed by atoms with van der Waals surface area (Å²) >= 11 is 12.3. The lowest BCUT2D eigenvalue weighted by Crippen LogP contribution is -2.42. The van der Waals surface area contributed by atoms with Crippen LogP contribution in [-0.4, -0.2) is 63.9 Å². The summed E-state index contributed by atoms with van der Waals surface area (Å²) < 4.78 is 22.8. The molecule has 4 heterocycles. The molecule has 3 fully saturated rings. The number of hydrogen-bond acceptors (Lipinski definition) is 6. The van der Waals surface area contributed by atoms with Crippen molar-refractivity contribution in [2.24, 2.45) is 11.8 Å². The molecule has 7 rings (SSSR count). The molecule has 0 spiro atoms. The van der Waals surface area contributed by atoms with E-state index in [1.165, 1.54) is 19.3 Å². The highest BCUT2D eigenvalue weighted by atomic mass is 35.5. The second-order valence-electron chi connectivity index (χ2n) is 11.4. The van der Waals surface area contributed by atoms with Crippen molar-refractivity contribution in [3.05, 3.63) is 53.4 Å². The number of fused-ring (bicyclic) bond motifs is 4. The molecule has 2 saturated heterocycles. The number of halogens is 3. The summed E-state index contributed by atoms with van der Waals surface area (Å²) in [5.41, 5.74) is 0.993. The van der Waals surface area contributed by atoms with Gasteiger partial charge in [-0.25, -0.2) is 4.39 Å². The summed E-state index contributed by atoms with van der Waals surface area (Å²) in [6.45, 7) is 2.86. The Kier molecular flexibility index (Phi) is 7.07. The third kappa shape index (κ3) is 4.95. The van der Waals surface area contributed by atoms with E-state index in [2.05, 4.69) is 14.9 Å². The van der Waals surface area contributed by atoms with E-state index in [-0.39, 0.29) is 35.1 Å². The number of anilines is 1. The topological polar surface area (TPSA) is 71.5 Å². The van der Waals surface area contributed by atoms with E-state index in [9.17, 15) is 4.79 Å². The van der Waals surface area contributed by atoms with Crippen LogP contribution in [0.15, 0.2) is 42.6 Å². The summed E-state index contributed by atoms with van der Waals surface area (Å²) in [6, 6.07) is 11.4. The second-order valence-corrected chi connectivity index (χ2v) is 12.1. The Labute approximate surface area is 247 Å². The fourth-order valence-corrected chi connectivity index (χ4v) is 7.29. The van der Waals surface area contributed by atoms with Crippen LogP contribution in [0.5, 0.6) is 6.01 Å². The standard InChI is InChI=1S/C31H30Cl2FN5O2/c32-14-25(40)38-11-9-21(10-12-38)41-31-36-29-23(30(37-31)39-16-18-7-8-19(13-18)17-39)15-35-28(27(29)34)22-5-1-3-20-4-2-6-24(33)26(20)22/h1-6,15,18-19,21H,7-14,16-17H2. The number of ether oxygens (including phenoxy) is 1. The van der Waals surface area contributed by atoms with E-state index >= 15 is 4.39 Å². The minimum atomic E-state index is -0.522. The molecule has 41 heavy (non-hydrogen) atoms. The first-order valence-corrected chi connectivity index (χ1v) is 15.2. The average molecular weight is 595 g/mol. The van der Waals surface area contributed by atoms with Gasteiger partial charge in [0.05, 0.1) is 5.39 Å². The van der Waals surface area contributed by atoms with Crippen molar-refractivity contribution in [2.45, 2.75) is 38.2 Å². The third-order valence-corrected chi connectivity index (χ3v) is 9.38. The normalized spacial score (nSPS) is 21.1. The number of aromatic nitrogens is 3. The SMILES string of the molecule is O=C(CCl)N1CCC(Oc2nc(N3CC4CCC(C4)C3)c3cnc(-c4cccc5cccc(Cl)c45)c(F)c3n2)CC1. The molecule has 3 aliphatic rings. The summed E-state index contributed by atoms with van der Waals surface area (Å²) in [6.07, 6.45) is 6.43. The number of carbonyl (C=O) groups excluding carboxylic acids is 1. The predicted octanol–water partition coefficient (Wildman–Crippen LogP) is 6.48. The first-order chi connectivity index (χ1) is 20.0. The Morgan fingerprint density at radius 3 is 2.49 bits per heavy atom. The molecule has 2 aromatic carbocycles. The second kappa shape index (κ2) is 10.9. The molecule has 2 atom stereocenters. The minimum Gasteiger partial charge on any atom is -0.460 e. The highest BCUT2D eigenvalue weighted by Gasteiger charge is 2.35. The van der Waals surface area contributed by atoms with Crippen molar-refractivity contribution >= 4 is 56.6 Å². The number of hydrogen-bond donors (Lipinski definition) is 0. The monoisotopic (exact) mass is 593 g/mol. The van der Waals surface area contributed by atoms with Crippen LogP contribution in [0.4, 0.5) is 10.2 Å². The Morgan fingerprint density at radius 1 is 1.02 bits per heavy atom. The molecule has 1 saturated carbocycles. The molecule has 1 amide bonds. The van der Waals surface area contributed by atoms with Crippen LogP contribution in [0.1, 0.15) is 32.1 Å². The molecule has 10 heteroatoms. The number of likely N-dealkylation sites (tertiary alicyclic amines) is 1. The van der Waals surface area contributed by atoms with Crippen LogP contribution in [-0.2, 0) is 4.79 Å². The molecule has 4 aromatic rings. The maximum absolute atomic E-state index is 16.5. The van der Waals surface area contributed by atoms with Gasteiger partial charge in [0.1, 0.15) is 29.0 Å². The zero-order valence-electron chi connectivity index (χ0n) is 22.5. The van der Waals surface area contributed by atoms with Gasteiger partial charge in [0.15, 0.2) is 5.82 Å². The first kappa shape index (κ1) is 26.7. The van der Waals surface area contributed by atoms with E-state index in [4.69, 9.17) is 32.9 Å². The van der Waals surface area contributed by atoms with Crippen molar-refractivity contribution in [1.29, 1.82) is 0 Å². The summed E-state index contributed by atoms with van der Waals surface area (Å²) in [4.78, 5) is 30.1. The fraction of sp³-hybridized carbons (Fsp3) is 0.419. The van der Waals surface area contributed by atoms with E-state index < -0.39 is 5.82 Å². The predicted molar refractivity (Wildman–Crippen MR) is 159 cm³/mol. The quantitative estimate of drug-likeness (QED) is 0.246. The largest absolute Gasteiger partial charge is 0.460 e. The number of benzene rings is 2. The highest BCUT2D eigenvalue weighted by molar-refractivity contribution is 6.36. The molecule has 2 aromatic heterocycles. The Bertz CT molecular complexity index is 1630. The van der Waals surface area contributed by atoms with Crippen molar-refractivity contribution in [3.8, 4) is 17.3 Å². The lowest BCUT2D eigenvalue weighted by Gasteiger charge is -2.34. The van der Waals surface area contributed by atoms with E-state index in [0.717, 1.165) is 23.9 Å². The lowest BCUT2D eigenvalue weighted by atomic mass is 9.98. The molecule has 2 bridgehead atoms. The molecule has 212 valence electrons. The first-order valence-electron chi connectivity index (χ1n) is 14.3. The van der Waals surface area contributed by atoms with Crippen LogP contribution in [0, 0.1) is 17.7 Å². The molecule has 7 nitrogen and oxygen atoms in total. The smallest absolute Gasteiger partial charge is 0.319 e. The molecule has 1 aliphatic carbocycles. The zero-order valence-corrected chi connectivity index (χ0v) is 24.0. The maximum atomic E-state index is 16.5. The van der Waals surface area contributed by atoms with Crippen LogP contribution >= 0.6 is 23.2 Å². The van der Waals surface area contributed by atoms with Crippen LogP contribution < -0.4 is 9.64 Å². The van der Waals surface area contributed by atoms with Gasteiger partial charge in [-0.3, -0.25) is 9.78 Å². The number of amides is 1. The van der Waals surface area contributed by atoms with Crippen molar-refractivity contribution in [2.75, 3.05) is 37.0 Å². The number of nitrogens with zero attached hydrogens (tertiary/aromatic N) is 5. The molecule has 2 aliphatic heterocycles. The van der Waals surface area contributed by atoms with Gasteiger partial charge in [-0.1, -0.05) is 41.9 Å². The molecule has 0 N–H and O–H groups in total. The lowest BCUT2D eigenvalue weighted by molar-refractivity contribution is -0.130. The third-order valence-electron chi connectivity index (χ3n) is 8.84. The highest BCUT2D eigenvalue weighted by Crippen LogP contribution is 2.41. The molecule has 0 radical (unpaired) electrons. The van der Waals surface area contributed by atoms with E-state index in [1.54, 1.807) is 17.2 Å². The van der Waals surface area contributed by atoms with Crippen LogP contribution in [0.25, 0.3) is 32.9 Å². The average Bonchev–Trinajstić information content (AvgIpc) is 3.34. The van der Waals surface area contributed by atoms with Gasteiger partial charge >= 0.3 is 6.01 Å². The van der Waals surface area contributed by atoms with Gasteiger partial charge in [-0.15, -0.1) is 11.6 Å². The van der Waals surface area contributed by atoms with Crippen molar-refractivity contribution in [1.82, 2.24) is 19.9 Å². The Morgan fingerprint density at radius 2 is 1.76 bits per heavy atom. The van der Waals surface area contributed by atoms with Gasteiger partial charge in [0.2, 0.25) is 5.91 Å². The zero-order chi connectivity index (χ0) is 28.1. The van der Waals surface area contributed by atoms with E-state index in [0.29, 0.717) is 59.6 Å². The van der Waals surface area contributed by atoms with Crippen LogP contribution in [0.3, 0.4) is 0 Å². The molecule has 2 unspecified atom stereocenters. The summed E-state index contributed by atoms with van der Waals surface area (Å²) in [5.74, 6) is 1.27. The van der Waals surface area contributed by atoms with Gasteiger partial charge in [-0.2, -0.15) is 9.97 Å². The number of carbonyl (C=O) groups is 1. The number of rotatable bonds is 5. The summed E-state index contributed by atoms with van der Waals surface area (Å²) in [5, 5.41) is 2.77. The van der Waals surface area contributed by atoms with Gasteiger partial charge in [0, 0.05) is 61.2 Å². The van der Waals surface area contributed by atoms with Crippen molar-refractivity contribution < 1.29 is 13.9 Å². The van der Waals surface area contributed by atoms with Gasteiger partial charge in [0.25, 0.3) is 0 Å². The molecular weight excluding hydrogens is 564 g/mol. The summed E-state index contributed by atoms with van der Waals surface area (Å²) in [7, 11) is 0. The van der Waals surface area contributed by atoms with Crippen LogP contribution in [0.2, 0.25) is 5.02 Å². The minimum absolute atomic E-state index is 0.0297.